The maximum atomic E-state index is 9.56. The van der Waals surface area contributed by atoms with E-state index in [-0.39, 0.29) is 0 Å². The molecule has 0 radical (unpaired) electrons. The lowest BCUT2D eigenvalue weighted by Crippen LogP contribution is -1.86. The maximum absolute atomic E-state index is 9.56. The zero-order valence-electron chi connectivity index (χ0n) is 3.84. The van der Waals surface area contributed by atoms with E-state index in [0.717, 1.165) is 0 Å². The van der Waals surface area contributed by atoms with Crippen LogP contribution in [0.5, 0.6) is 0 Å². The molecule has 0 rings (SSSR count). The molecule has 40 valence electrons. The lowest BCUT2D eigenvalue weighted by molar-refractivity contribution is 0.311. The maximum Gasteiger partial charge on any atom is 0.0946 e. The molecule has 0 aromatic carbocycles. The van der Waals surface area contributed by atoms with E-state index in [9.17, 15) is 4.55 Å². The van der Waals surface area contributed by atoms with Gasteiger partial charge >= 0.3 is 0 Å². The minimum atomic E-state index is -0.611. The van der Waals surface area contributed by atoms with Crippen LogP contribution < -0.4 is 5.90 Å². The fourth-order valence-electron chi connectivity index (χ4n) is 0. The lowest BCUT2D eigenvalue weighted by Gasteiger charge is -1.87. The lowest BCUT2D eigenvalue weighted by atomic mass is 11.9. The average Bonchev–Trinajstić information content (AvgIpc) is 1.41. The Bertz CT molecular complexity index is 16.3. The number of rotatable bonds is 0. The zero-order chi connectivity index (χ0) is 5.58. The number of nitrogens with two attached hydrogens (primary N) is 1. The monoisotopic (exact) mass is 111 g/mol. The van der Waals surface area contributed by atoms with Gasteiger partial charge in [0.25, 0.3) is 0 Å². The smallest absolute Gasteiger partial charge is 0.0946 e. The van der Waals surface area contributed by atoms with Gasteiger partial charge in [-0.2, -0.15) is 0 Å². The molecule has 3 nitrogen and oxygen atoms in total. The summed E-state index contributed by atoms with van der Waals surface area (Å²) in [6, 6.07) is 0. The van der Waals surface area contributed by atoms with Crippen LogP contribution in [0.2, 0.25) is 0 Å². The number of hydrogen-bond donors (Lipinski definition) is 2. The van der Waals surface area contributed by atoms with Crippen LogP contribution in [0.1, 0.15) is 0 Å². The van der Waals surface area contributed by atoms with Crippen molar-refractivity contribution in [2.45, 2.75) is 0 Å². The van der Waals surface area contributed by atoms with Crippen molar-refractivity contribution in [3.63, 3.8) is 0 Å². The van der Waals surface area contributed by atoms with Crippen LogP contribution in [0.25, 0.3) is 0 Å². The third-order valence-corrected chi connectivity index (χ3v) is 0. The van der Waals surface area contributed by atoms with Crippen LogP contribution in [0, 0.1) is 0 Å². The highest BCUT2D eigenvalue weighted by molar-refractivity contribution is 7.89. The molecular weight excluding hydrogens is 102 g/mol. The summed E-state index contributed by atoms with van der Waals surface area (Å²) in [5.74, 6) is 3.50. The fourth-order valence-corrected chi connectivity index (χ4v) is 0. The molecule has 0 atom stereocenters. The first kappa shape index (κ1) is 9.52. The average molecular weight is 111 g/mol. The van der Waals surface area contributed by atoms with E-state index in [0.29, 0.717) is 0 Å². The van der Waals surface area contributed by atoms with Gasteiger partial charge in [-0.05, 0) is 0 Å². The first-order chi connectivity index (χ1) is 2.73. The van der Waals surface area contributed by atoms with Gasteiger partial charge in [-0.25, -0.2) is 5.90 Å². The normalized spacial score (nSPS) is 7.00. The van der Waals surface area contributed by atoms with Crippen molar-refractivity contribution in [1.29, 1.82) is 0 Å². The fraction of sp³-hybridized carbons (Fsp3) is 1.00. The molecular formula is C2H9NO2S. The largest absolute Gasteiger partial charge is 0.617 e. The third kappa shape index (κ3) is 834. The Kier molecular flexibility index (Phi) is 14.2. The van der Waals surface area contributed by atoms with Crippen molar-refractivity contribution in [3.8, 4) is 0 Å². The van der Waals surface area contributed by atoms with E-state index in [2.05, 4.69) is 5.90 Å². The molecule has 0 heterocycles. The molecule has 0 aromatic heterocycles. The van der Waals surface area contributed by atoms with Crippen LogP contribution in [0.4, 0.5) is 0 Å². The quantitative estimate of drug-likeness (QED) is 0.322. The first-order valence-electron chi connectivity index (χ1n) is 1.24. The SMILES string of the molecule is C[S+](C)[O-].NO. The van der Waals surface area contributed by atoms with Crippen LogP contribution in [0.3, 0.4) is 0 Å². The van der Waals surface area contributed by atoms with Crippen LogP contribution >= 0.6 is 0 Å². The van der Waals surface area contributed by atoms with E-state index in [1.165, 1.54) is 0 Å². The Balaban J connectivity index is 0. The second kappa shape index (κ2) is 8.97. The highest BCUT2D eigenvalue weighted by Crippen LogP contribution is 1.61. The van der Waals surface area contributed by atoms with Crippen LogP contribution in [-0.2, 0) is 11.2 Å². The topological polar surface area (TPSA) is 69.3 Å². The van der Waals surface area contributed by atoms with E-state index in [1.807, 2.05) is 0 Å². The molecule has 0 unspecified atom stereocenters. The molecule has 0 bridgehead atoms. The molecule has 0 saturated carbocycles. The summed E-state index contributed by atoms with van der Waals surface area (Å²) in [7, 11) is 0. The molecule has 0 saturated heterocycles. The second-order valence-electron chi connectivity index (χ2n) is 0.742. The van der Waals surface area contributed by atoms with E-state index >= 15 is 0 Å². The van der Waals surface area contributed by atoms with E-state index in [1.54, 1.807) is 12.5 Å². The highest BCUT2D eigenvalue weighted by atomic mass is 32.2. The van der Waals surface area contributed by atoms with Gasteiger partial charge in [-0.3, -0.25) is 0 Å². The van der Waals surface area contributed by atoms with Gasteiger partial charge in [0.1, 0.15) is 0 Å². The molecule has 0 fully saturated rings. The van der Waals surface area contributed by atoms with Crippen molar-refractivity contribution < 1.29 is 9.76 Å². The second-order valence-corrected chi connectivity index (χ2v) is 2.22. The summed E-state index contributed by atoms with van der Waals surface area (Å²) in [6.07, 6.45) is 3.28. The Labute approximate surface area is 40.3 Å². The molecule has 3 N–H and O–H groups in total. The molecule has 0 aliphatic carbocycles. The van der Waals surface area contributed by atoms with Crippen molar-refractivity contribution in [1.82, 2.24) is 0 Å². The third-order valence-electron chi connectivity index (χ3n) is 0. The van der Waals surface area contributed by atoms with Gasteiger partial charge in [0.15, 0.2) is 0 Å². The highest BCUT2D eigenvalue weighted by Gasteiger charge is 1.66. The molecule has 6 heavy (non-hydrogen) atoms. The van der Waals surface area contributed by atoms with E-state index in [4.69, 9.17) is 5.21 Å². The van der Waals surface area contributed by atoms with Crippen molar-refractivity contribution in [3.05, 3.63) is 0 Å². The molecule has 0 aliphatic heterocycles. The van der Waals surface area contributed by atoms with Crippen molar-refractivity contribution in [2.75, 3.05) is 12.5 Å². The summed E-state index contributed by atoms with van der Waals surface area (Å²) < 4.78 is 9.56. The Morgan fingerprint density at radius 1 is 1.50 bits per heavy atom. The van der Waals surface area contributed by atoms with Crippen LogP contribution in [-0.4, -0.2) is 22.3 Å². The van der Waals surface area contributed by atoms with Crippen molar-refractivity contribution >= 4 is 11.2 Å². The molecule has 0 aliphatic rings. The molecule has 0 aromatic rings. The van der Waals surface area contributed by atoms with Crippen molar-refractivity contribution in [2.24, 2.45) is 5.90 Å². The Morgan fingerprint density at radius 2 is 1.50 bits per heavy atom. The number of hydrogen-bond acceptors (Lipinski definition) is 3. The van der Waals surface area contributed by atoms with Crippen LogP contribution in [0.15, 0.2) is 0 Å². The van der Waals surface area contributed by atoms with Gasteiger partial charge in [-0.15, -0.1) is 0 Å². The summed E-state index contributed by atoms with van der Waals surface area (Å²) in [4.78, 5) is 0. The summed E-state index contributed by atoms with van der Waals surface area (Å²) in [5, 5.41) is 6.50. The standard InChI is InChI=1S/C2H6OS.H3NO/c1-4(2)3;1-2/h1-2H3;2H,1H2. The molecule has 0 amide bonds. The zero-order valence-corrected chi connectivity index (χ0v) is 4.66. The van der Waals surface area contributed by atoms with Gasteiger partial charge in [0.2, 0.25) is 0 Å². The van der Waals surface area contributed by atoms with Gasteiger partial charge in [0, 0.05) is 0 Å². The van der Waals surface area contributed by atoms with Gasteiger partial charge < -0.3 is 9.76 Å². The van der Waals surface area contributed by atoms with E-state index < -0.39 is 11.2 Å². The Morgan fingerprint density at radius 3 is 1.50 bits per heavy atom. The predicted octanol–water partition coefficient (Wildman–Crippen LogP) is -0.671. The Hall–Kier alpha value is 0.230. The first-order valence-corrected chi connectivity index (χ1v) is 3.21. The summed E-state index contributed by atoms with van der Waals surface area (Å²) in [5.41, 5.74) is 0. The minimum Gasteiger partial charge on any atom is -0.617 e. The predicted molar refractivity (Wildman–Crippen MR) is 26.0 cm³/mol. The minimum absolute atomic E-state index is 0.611. The molecule has 0 spiro atoms. The molecule has 4 heteroatoms. The van der Waals surface area contributed by atoms with Gasteiger partial charge in [0.05, 0.1) is 12.5 Å². The summed E-state index contributed by atoms with van der Waals surface area (Å²) >= 11 is -0.611. The van der Waals surface area contributed by atoms with Gasteiger partial charge in [-0.1, -0.05) is 11.2 Å². The summed E-state index contributed by atoms with van der Waals surface area (Å²) in [6.45, 7) is 0.